The van der Waals surface area contributed by atoms with Gasteiger partial charge in [-0.3, -0.25) is 9.59 Å². The Balaban J connectivity index is 2.88. The number of esters is 1. The molecule has 0 unspecified atom stereocenters. The molecule has 0 aliphatic heterocycles. The zero-order valence-corrected chi connectivity index (χ0v) is 24.3. The first kappa shape index (κ1) is 30.3. The maximum absolute atomic E-state index is 14.0. The van der Waals surface area contributed by atoms with Gasteiger partial charge in [-0.2, -0.15) is 0 Å². The van der Waals surface area contributed by atoms with Crippen molar-refractivity contribution in [3.63, 3.8) is 0 Å². The summed E-state index contributed by atoms with van der Waals surface area (Å²) < 4.78 is 11.5. The molecule has 1 aliphatic carbocycles. The minimum Gasteiger partial charge on any atom is -0.422 e. The van der Waals surface area contributed by atoms with Crippen molar-refractivity contribution in [2.75, 3.05) is 7.11 Å². The molecule has 1 aromatic rings. The summed E-state index contributed by atoms with van der Waals surface area (Å²) in [5, 5.41) is 0. The molecule has 0 atom stereocenters. The van der Waals surface area contributed by atoms with Crippen LogP contribution in [0.5, 0.6) is 5.75 Å². The molecule has 7 heteroatoms. The largest absolute Gasteiger partial charge is 0.422 e. The van der Waals surface area contributed by atoms with E-state index in [2.05, 4.69) is 0 Å². The summed E-state index contributed by atoms with van der Waals surface area (Å²) in [7, 11) is 1.42. The van der Waals surface area contributed by atoms with Gasteiger partial charge in [0.2, 0.25) is 5.60 Å². The summed E-state index contributed by atoms with van der Waals surface area (Å²) >= 11 is 0. The highest BCUT2D eigenvalue weighted by molar-refractivity contribution is 6.06. The third-order valence-corrected chi connectivity index (χ3v) is 6.58. The number of allylic oxidation sites excluding steroid dienone is 2. The molecule has 0 radical (unpaired) electrons. The van der Waals surface area contributed by atoms with Gasteiger partial charge in [-0.15, -0.1) is 0 Å². The van der Waals surface area contributed by atoms with Crippen LogP contribution in [0, 0.1) is 0 Å². The molecule has 0 heterocycles. The molecule has 2 rings (SSSR count). The number of methoxy groups -OCH3 is 1. The summed E-state index contributed by atoms with van der Waals surface area (Å²) in [4.78, 5) is 45.1. The first-order chi connectivity index (χ1) is 17.2. The zero-order valence-electron chi connectivity index (χ0n) is 24.3. The molecule has 1 aromatic carbocycles. The van der Waals surface area contributed by atoms with Crippen LogP contribution in [0.15, 0.2) is 36.4 Å². The number of benzene rings is 1. The van der Waals surface area contributed by atoms with Gasteiger partial charge < -0.3 is 19.3 Å². The number of hydrogen-bond acceptors (Lipinski definition) is 5. The molecule has 7 nitrogen and oxygen atoms in total. The summed E-state index contributed by atoms with van der Waals surface area (Å²) in [6.45, 7) is 19.5. The molecule has 0 saturated heterocycles. The molecular formula is C30H44N2O5. The first-order valence-electron chi connectivity index (χ1n) is 13.2. The molecule has 0 bridgehead atoms. The molecule has 0 aromatic heterocycles. The van der Waals surface area contributed by atoms with E-state index in [0.717, 1.165) is 5.56 Å². The smallest absolute Gasteiger partial charge is 0.352 e. The van der Waals surface area contributed by atoms with Crippen LogP contribution in [0.3, 0.4) is 0 Å². The van der Waals surface area contributed by atoms with Crippen molar-refractivity contribution in [2.24, 2.45) is 0 Å². The molecular weight excluding hydrogens is 468 g/mol. The summed E-state index contributed by atoms with van der Waals surface area (Å²) in [5.41, 5.74) is -0.235. The van der Waals surface area contributed by atoms with E-state index in [0.29, 0.717) is 0 Å². The summed E-state index contributed by atoms with van der Waals surface area (Å²) in [6, 6.07) is 3.08. The molecule has 37 heavy (non-hydrogen) atoms. The van der Waals surface area contributed by atoms with Crippen LogP contribution in [0.25, 0.3) is 0 Å². The van der Waals surface area contributed by atoms with Gasteiger partial charge in [0.1, 0.15) is 0 Å². The van der Waals surface area contributed by atoms with E-state index in [-0.39, 0.29) is 58.8 Å². The molecule has 0 saturated carbocycles. The van der Waals surface area contributed by atoms with Gasteiger partial charge in [0.25, 0.3) is 11.8 Å². The number of hydrogen-bond donors (Lipinski definition) is 0. The SMILES string of the molecule is COC1(C(=O)Oc2c(C(=O)N(C(C)C)C(C)C)cc(C(C)C)cc2C(=O)N(C(C)C)C(C)C)C=CC=C1. The van der Waals surface area contributed by atoms with Crippen LogP contribution in [-0.4, -0.2) is 64.5 Å². The van der Waals surface area contributed by atoms with E-state index in [1.165, 1.54) is 7.11 Å². The van der Waals surface area contributed by atoms with Crippen molar-refractivity contribution in [2.45, 2.75) is 105 Å². The second-order valence-electron chi connectivity index (χ2n) is 11.0. The van der Waals surface area contributed by atoms with E-state index < -0.39 is 11.6 Å². The number of ether oxygens (including phenoxy) is 2. The second kappa shape index (κ2) is 12.1. The molecule has 0 fully saturated rings. The lowest BCUT2D eigenvalue weighted by Crippen LogP contribution is -2.44. The molecule has 0 N–H and O–H groups in total. The van der Waals surface area contributed by atoms with Crippen LogP contribution in [0.2, 0.25) is 0 Å². The monoisotopic (exact) mass is 512 g/mol. The minimum absolute atomic E-state index is 0.0342. The Morgan fingerprint density at radius 1 is 0.703 bits per heavy atom. The van der Waals surface area contributed by atoms with E-state index in [1.54, 1.807) is 46.2 Å². The van der Waals surface area contributed by atoms with Gasteiger partial charge in [-0.05, 0) is 91.2 Å². The standard InChI is InChI=1S/C30H44N2O5/c1-18(2)23-16-24(27(33)31(19(3)4)20(5)6)26(37-29(35)30(36-11)14-12-13-15-30)25(17-23)28(34)32(21(7)8)22(9)10/h12-22H,1-11H3. The van der Waals surface area contributed by atoms with Gasteiger partial charge in [-0.25, -0.2) is 4.79 Å². The predicted octanol–water partition coefficient (Wildman–Crippen LogP) is 5.74. The normalized spacial score (nSPS) is 14.4. The number of nitrogens with zero attached hydrogens (tertiary/aromatic N) is 2. The van der Waals surface area contributed by atoms with Crippen molar-refractivity contribution in [1.29, 1.82) is 0 Å². The van der Waals surface area contributed by atoms with Crippen LogP contribution in [0.4, 0.5) is 0 Å². The lowest BCUT2D eigenvalue weighted by Gasteiger charge is -2.34. The van der Waals surface area contributed by atoms with Crippen molar-refractivity contribution >= 4 is 17.8 Å². The molecule has 0 spiro atoms. The Kier molecular flexibility index (Phi) is 9.89. The highest BCUT2D eigenvalue weighted by Crippen LogP contribution is 2.35. The quantitative estimate of drug-likeness (QED) is 0.295. The van der Waals surface area contributed by atoms with Crippen LogP contribution in [-0.2, 0) is 9.53 Å². The third kappa shape index (κ3) is 6.32. The Bertz CT molecular complexity index is 985. The van der Waals surface area contributed by atoms with E-state index in [9.17, 15) is 14.4 Å². The molecule has 2 amide bonds. The fourth-order valence-electron chi connectivity index (χ4n) is 4.80. The van der Waals surface area contributed by atoms with Crippen molar-refractivity contribution in [3.8, 4) is 5.75 Å². The topological polar surface area (TPSA) is 76.1 Å². The van der Waals surface area contributed by atoms with Crippen molar-refractivity contribution in [3.05, 3.63) is 53.1 Å². The average molecular weight is 513 g/mol. The fraction of sp³-hybridized carbons (Fsp3) is 0.567. The Morgan fingerprint density at radius 2 is 1.08 bits per heavy atom. The minimum atomic E-state index is -1.43. The van der Waals surface area contributed by atoms with Crippen molar-refractivity contribution in [1.82, 2.24) is 9.80 Å². The van der Waals surface area contributed by atoms with E-state index >= 15 is 0 Å². The first-order valence-corrected chi connectivity index (χ1v) is 13.2. The predicted molar refractivity (Wildman–Crippen MR) is 147 cm³/mol. The van der Waals surface area contributed by atoms with Gasteiger partial charge in [0.15, 0.2) is 5.75 Å². The highest BCUT2D eigenvalue weighted by Gasteiger charge is 2.40. The zero-order chi connectivity index (χ0) is 28.2. The van der Waals surface area contributed by atoms with Crippen LogP contribution in [0.1, 0.15) is 101 Å². The van der Waals surface area contributed by atoms with Crippen LogP contribution < -0.4 is 4.74 Å². The van der Waals surface area contributed by atoms with Gasteiger partial charge in [0.05, 0.1) is 11.1 Å². The number of carbonyl (C=O) groups excluding carboxylic acids is 3. The maximum atomic E-state index is 14.0. The average Bonchev–Trinajstić information content (AvgIpc) is 3.28. The molecule has 204 valence electrons. The van der Waals surface area contributed by atoms with Gasteiger partial charge in [-0.1, -0.05) is 26.0 Å². The summed E-state index contributed by atoms with van der Waals surface area (Å²) in [6.07, 6.45) is 6.57. The van der Waals surface area contributed by atoms with Crippen LogP contribution >= 0.6 is 0 Å². The maximum Gasteiger partial charge on any atom is 0.352 e. The third-order valence-electron chi connectivity index (χ3n) is 6.58. The number of amides is 2. The second-order valence-corrected chi connectivity index (χ2v) is 11.0. The van der Waals surface area contributed by atoms with E-state index in [1.807, 2.05) is 69.2 Å². The van der Waals surface area contributed by atoms with Crippen molar-refractivity contribution < 1.29 is 23.9 Å². The number of carbonyl (C=O) groups is 3. The molecule has 1 aliphatic rings. The lowest BCUT2D eigenvalue weighted by molar-refractivity contribution is -0.148. The highest BCUT2D eigenvalue weighted by atomic mass is 16.6. The fourth-order valence-corrected chi connectivity index (χ4v) is 4.80. The van der Waals surface area contributed by atoms with Gasteiger partial charge >= 0.3 is 5.97 Å². The van der Waals surface area contributed by atoms with E-state index in [4.69, 9.17) is 9.47 Å². The van der Waals surface area contributed by atoms with Gasteiger partial charge in [0, 0.05) is 31.3 Å². The lowest BCUT2D eigenvalue weighted by atomic mass is 9.94. The Labute approximate surface area is 222 Å². The summed E-state index contributed by atoms with van der Waals surface area (Å²) in [5.74, 6) is -1.32. The Morgan fingerprint density at radius 3 is 1.38 bits per heavy atom. The Hall–Kier alpha value is -2.93. The number of rotatable bonds is 10.